The van der Waals surface area contributed by atoms with Crippen LogP contribution in [0.5, 0.6) is 0 Å². The molecule has 0 saturated carbocycles. The maximum Gasteiger partial charge on any atom is 0.0465 e. The van der Waals surface area contributed by atoms with Crippen molar-refractivity contribution in [2.75, 3.05) is 9.80 Å². The Balaban J connectivity index is 0.575. The van der Waals surface area contributed by atoms with Crippen molar-refractivity contribution in [1.82, 2.24) is 0 Å². The molecule has 0 unspecified atom stereocenters. The van der Waals surface area contributed by atoms with Gasteiger partial charge in [0.2, 0.25) is 0 Å². The highest BCUT2D eigenvalue weighted by molar-refractivity contribution is 6.00. The fourth-order valence-corrected chi connectivity index (χ4v) is 18.2. The van der Waals surface area contributed by atoms with Gasteiger partial charge in [0.15, 0.2) is 0 Å². The topological polar surface area (TPSA) is 6.48 Å². The van der Waals surface area contributed by atoms with Crippen LogP contribution in [0.15, 0.2) is 315 Å². The number of anilines is 6. The van der Waals surface area contributed by atoms with Crippen molar-refractivity contribution in [2.45, 2.75) is 77.0 Å². The predicted octanol–water partition coefficient (Wildman–Crippen LogP) is 27.8. The van der Waals surface area contributed by atoms with Crippen molar-refractivity contribution >= 4 is 80.0 Å². The Hall–Kier alpha value is -12.1. The molecule has 4 aliphatic rings. The summed E-state index contributed by atoms with van der Waals surface area (Å²) in [5.74, 6) is 0. The zero-order chi connectivity index (χ0) is 70.4. The summed E-state index contributed by atoms with van der Waals surface area (Å²) in [6.45, 7) is 19.1. The van der Waals surface area contributed by atoms with Gasteiger partial charge in [0.25, 0.3) is 0 Å². The van der Waals surface area contributed by atoms with Crippen LogP contribution >= 0.6 is 0 Å². The Kier molecular flexibility index (Phi) is 14.4. The van der Waals surface area contributed by atoms with E-state index in [0.29, 0.717) is 0 Å². The lowest BCUT2D eigenvalue weighted by molar-refractivity contribution is 0.659. The van der Waals surface area contributed by atoms with Crippen LogP contribution in [-0.2, 0) is 21.7 Å². The van der Waals surface area contributed by atoms with Crippen LogP contribution < -0.4 is 9.80 Å². The lowest BCUT2D eigenvalue weighted by Gasteiger charge is -2.30. The first kappa shape index (κ1) is 62.9. The molecule has 0 fully saturated rings. The first-order valence-corrected chi connectivity index (χ1v) is 36.9. The highest BCUT2D eigenvalue weighted by atomic mass is 15.1. The van der Waals surface area contributed by atoms with Crippen molar-refractivity contribution in [1.29, 1.82) is 0 Å². The SMILES string of the molecule is CC1(C)c2ccccc2-c2ccc(N(c3ccc(-c4cccc5ccccc45)cc3)c3ccc4c(c3)C(C)(C)c3cc(/C=C/c5ccc(/C=C/c6ccc7c(c6)C(C)(C)c6cc(N(c8ccc(-c9cccc%10ccccc9%10)cc8)c8ccc9c(c8)C(C)(C)c8ccccc8-9)ccc6-7)cc5)ccc3-4)cc21. The van der Waals surface area contributed by atoms with Crippen LogP contribution in [0.4, 0.5) is 34.1 Å². The lowest BCUT2D eigenvalue weighted by atomic mass is 9.81. The standard InChI is InChI=1S/C102H80N2/c1-99(2)91-29-15-13-25-83(91)87-55-49-75(61-95(87)99)103(73-45-41-71(42-46-73)81-27-17-21-69-19-9-11-23-79(69)81)77-51-57-89-85-53-39-67(59-93(85)101(5,6)97(89)63-77)37-35-65-31-33-66(34-32-65)36-38-68-40-54-86-90-58-52-78(64-98(90)102(7,8)94(86)60-68)104(76-50-56-88-84-26-14-16-30-92(84)100(3,4)96(88)62-76)74-47-43-72(44-48-74)82-28-18-22-70-20-10-12-24-80(70)82/h9-64H,1-8H3/b37-35+,38-36+. The monoisotopic (exact) mass is 1330 g/mol. The summed E-state index contributed by atoms with van der Waals surface area (Å²) >= 11 is 0. The van der Waals surface area contributed by atoms with E-state index < -0.39 is 0 Å². The van der Waals surface area contributed by atoms with Gasteiger partial charge < -0.3 is 9.80 Å². The van der Waals surface area contributed by atoms with E-state index >= 15 is 0 Å². The van der Waals surface area contributed by atoms with Gasteiger partial charge in [0, 0.05) is 55.8 Å². The summed E-state index contributed by atoms with van der Waals surface area (Å²) in [5.41, 5.74) is 37.1. The smallest absolute Gasteiger partial charge is 0.0465 e. The van der Waals surface area contributed by atoms with Crippen molar-refractivity contribution in [3.05, 3.63) is 382 Å². The second-order valence-corrected chi connectivity index (χ2v) is 31.3. The summed E-state index contributed by atoms with van der Waals surface area (Å²) in [6, 6.07) is 118. The molecule has 0 aromatic heterocycles. The molecule has 0 aliphatic heterocycles. The number of nitrogens with zero attached hydrogens (tertiary/aromatic N) is 2. The fraction of sp³-hybridized carbons (Fsp3) is 0.118. The molecular weight excluding hydrogens is 1250 g/mol. The van der Waals surface area contributed by atoms with Gasteiger partial charge in [-0.05, 0) is 228 Å². The molecule has 0 heterocycles. The Morgan fingerprint density at radius 1 is 0.192 bits per heavy atom. The molecule has 498 valence electrons. The maximum absolute atomic E-state index is 2.47. The van der Waals surface area contributed by atoms with Gasteiger partial charge in [-0.1, -0.05) is 322 Å². The molecule has 4 aliphatic carbocycles. The van der Waals surface area contributed by atoms with Gasteiger partial charge in [-0.2, -0.15) is 0 Å². The van der Waals surface area contributed by atoms with E-state index in [1.807, 2.05) is 0 Å². The summed E-state index contributed by atoms with van der Waals surface area (Å²) in [6.07, 6.45) is 9.05. The van der Waals surface area contributed by atoms with E-state index in [-0.39, 0.29) is 21.7 Å². The lowest BCUT2D eigenvalue weighted by Crippen LogP contribution is -2.18. The van der Waals surface area contributed by atoms with Crippen LogP contribution in [-0.4, -0.2) is 0 Å². The first-order valence-electron chi connectivity index (χ1n) is 36.9. The van der Waals surface area contributed by atoms with Gasteiger partial charge in [0.1, 0.15) is 0 Å². The third-order valence-corrected chi connectivity index (χ3v) is 23.9. The van der Waals surface area contributed by atoms with Crippen LogP contribution in [0.25, 0.3) is 113 Å². The summed E-state index contributed by atoms with van der Waals surface area (Å²) in [7, 11) is 0. The van der Waals surface area contributed by atoms with Gasteiger partial charge >= 0.3 is 0 Å². The minimum atomic E-state index is -0.238. The van der Waals surface area contributed by atoms with Crippen molar-refractivity contribution < 1.29 is 0 Å². The molecule has 2 heteroatoms. The van der Waals surface area contributed by atoms with Gasteiger partial charge in [-0.3, -0.25) is 0 Å². The highest BCUT2D eigenvalue weighted by Crippen LogP contribution is 2.57. The molecule has 0 spiro atoms. The van der Waals surface area contributed by atoms with E-state index in [9.17, 15) is 0 Å². The second kappa shape index (κ2) is 23.7. The first-order chi connectivity index (χ1) is 50.5. The molecule has 15 aromatic carbocycles. The molecule has 0 amide bonds. The third kappa shape index (κ3) is 10.0. The second-order valence-electron chi connectivity index (χ2n) is 31.3. The zero-order valence-corrected chi connectivity index (χ0v) is 60.2. The maximum atomic E-state index is 2.47. The number of rotatable bonds is 12. The molecular formula is C102H80N2. The fourth-order valence-electron chi connectivity index (χ4n) is 18.2. The Labute approximate surface area is 611 Å². The van der Waals surface area contributed by atoms with Crippen molar-refractivity contribution in [3.8, 4) is 66.8 Å². The van der Waals surface area contributed by atoms with Crippen LogP contribution in [0.1, 0.15) is 122 Å². The molecule has 0 N–H and O–H groups in total. The Bertz CT molecular complexity index is 5700. The average molecular weight is 1330 g/mol. The molecule has 104 heavy (non-hydrogen) atoms. The average Bonchev–Trinajstić information content (AvgIpc) is 1.58. The molecule has 15 aromatic rings. The van der Waals surface area contributed by atoms with Crippen LogP contribution in [0.2, 0.25) is 0 Å². The number of fused-ring (bicyclic) bond motifs is 14. The van der Waals surface area contributed by atoms with Gasteiger partial charge in [0.05, 0.1) is 0 Å². The van der Waals surface area contributed by atoms with Crippen LogP contribution in [0, 0.1) is 0 Å². The minimum Gasteiger partial charge on any atom is -0.310 e. The molecule has 19 rings (SSSR count). The molecule has 0 saturated heterocycles. The van der Waals surface area contributed by atoms with E-state index in [0.717, 1.165) is 45.3 Å². The summed E-state index contributed by atoms with van der Waals surface area (Å²) in [4.78, 5) is 4.94. The zero-order valence-electron chi connectivity index (χ0n) is 60.2. The van der Waals surface area contributed by atoms with Gasteiger partial charge in [-0.25, -0.2) is 0 Å². The van der Waals surface area contributed by atoms with E-state index in [4.69, 9.17) is 0 Å². The third-order valence-electron chi connectivity index (χ3n) is 23.9. The largest absolute Gasteiger partial charge is 0.310 e. The summed E-state index contributed by atoms with van der Waals surface area (Å²) in [5, 5.41) is 5.02. The number of hydrogen-bond donors (Lipinski definition) is 0. The molecule has 2 nitrogen and oxygen atoms in total. The van der Waals surface area contributed by atoms with Crippen molar-refractivity contribution in [3.63, 3.8) is 0 Å². The Morgan fingerprint density at radius 3 is 0.808 bits per heavy atom. The molecule has 0 radical (unpaired) electrons. The van der Waals surface area contributed by atoms with Gasteiger partial charge in [-0.15, -0.1) is 0 Å². The van der Waals surface area contributed by atoms with E-state index in [1.54, 1.807) is 0 Å². The number of hydrogen-bond acceptors (Lipinski definition) is 2. The number of benzene rings is 15. The van der Waals surface area contributed by atoms with E-state index in [1.165, 1.54) is 144 Å². The van der Waals surface area contributed by atoms with Crippen molar-refractivity contribution in [2.24, 2.45) is 0 Å². The quantitative estimate of drug-likeness (QED) is 0.113. The minimum absolute atomic E-state index is 0.133. The molecule has 0 bridgehead atoms. The summed E-state index contributed by atoms with van der Waals surface area (Å²) < 4.78 is 0. The van der Waals surface area contributed by atoms with Crippen LogP contribution in [0.3, 0.4) is 0 Å². The normalized spacial score (nSPS) is 14.8. The van der Waals surface area contributed by atoms with E-state index in [2.05, 4.69) is 405 Å². The predicted molar refractivity (Wildman–Crippen MR) is 443 cm³/mol. The highest BCUT2D eigenvalue weighted by Gasteiger charge is 2.41. The Morgan fingerprint density at radius 2 is 0.442 bits per heavy atom. The molecule has 0 atom stereocenters.